The minimum atomic E-state index is 0.120. The van der Waals surface area contributed by atoms with Crippen molar-refractivity contribution in [3.63, 3.8) is 0 Å². The molecule has 0 aliphatic heterocycles. The quantitative estimate of drug-likeness (QED) is 0.126. The first-order chi connectivity index (χ1) is 19.4. The zero-order chi connectivity index (χ0) is 28.6. The van der Waals surface area contributed by atoms with E-state index in [4.69, 9.17) is 0 Å². The monoisotopic (exact) mass is 568 g/mol. The van der Waals surface area contributed by atoms with E-state index in [1.807, 2.05) is 60.7 Å². The summed E-state index contributed by atoms with van der Waals surface area (Å²) >= 11 is 2.27. The molecule has 0 spiro atoms. The standard InChI is InChI=1S/C13H9.C9H7.2C7H7.C2H6Si.Ti/c1-3-7-12-10(5-1)9-11-6-2-4-8-13(11)12;1-2-5-9-7-3-6-8(9)4-1;2*1-7-5-3-2-4-6-7;1-3-2;/h1-9H;1-7H;2*2-6H,1H2;1-2H3;/q4*-1;;. The molecule has 40 heavy (non-hydrogen) atoms. The summed E-state index contributed by atoms with van der Waals surface area (Å²) in [6.45, 7) is 12.0. The van der Waals surface area contributed by atoms with Crippen LogP contribution in [0.15, 0.2) is 158 Å². The van der Waals surface area contributed by atoms with E-state index in [1.54, 1.807) is 0 Å². The first-order valence-corrected chi connectivity index (χ1v) is 18.2. The molecule has 7 rings (SSSR count). The van der Waals surface area contributed by atoms with Crippen molar-refractivity contribution in [2.24, 2.45) is 0 Å². The number of fused-ring (bicyclic) bond motifs is 4. The fraction of sp³-hybridized carbons (Fsp3) is 0.0526. The van der Waals surface area contributed by atoms with Crippen molar-refractivity contribution in [2.75, 3.05) is 0 Å². The van der Waals surface area contributed by atoms with Crippen LogP contribution in [0.3, 0.4) is 0 Å². The van der Waals surface area contributed by atoms with Gasteiger partial charge in [0.05, 0.1) is 0 Å². The Morgan fingerprint density at radius 2 is 0.875 bits per heavy atom. The average Bonchev–Trinajstić information content (AvgIpc) is 3.60. The van der Waals surface area contributed by atoms with Gasteiger partial charge < -0.3 is 0 Å². The van der Waals surface area contributed by atoms with Gasteiger partial charge in [0.25, 0.3) is 0 Å². The van der Waals surface area contributed by atoms with E-state index in [0.717, 1.165) is 11.1 Å². The molecule has 0 aliphatic rings. The van der Waals surface area contributed by atoms with Crippen LogP contribution in [0.5, 0.6) is 0 Å². The Morgan fingerprint density at radius 1 is 0.500 bits per heavy atom. The third kappa shape index (κ3) is 10.8. The summed E-state index contributed by atoms with van der Waals surface area (Å²) in [6, 6.07) is 53.7. The molecule has 0 nitrogen and oxygen atoms in total. The summed E-state index contributed by atoms with van der Waals surface area (Å²) in [7, 11) is 0. The van der Waals surface area contributed by atoms with Crippen LogP contribution in [0.4, 0.5) is 0 Å². The first-order valence-electron chi connectivity index (χ1n) is 13.3. The predicted octanol–water partition coefficient (Wildman–Crippen LogP) is 10.8. The van der Waals surface area contributed by atoms with Crippen LogP contribution in [-0.4, -0.2) is 6.19 Å². The molecule has 200 valence electrons. The summed E-state index contributed by atoms with van der Waals surface area (Å²) < 4.78 is 0. The maximum absolute atomic E-state index is 3.72. The van der Waals surface area contributed by atoms with Crippen molar-refractivity contribution in [2.45, 2.75) is 13.1 Å². The zero-order valence-electron chi connectivity index (χ0n) is 23.4. The molecule has 0 fully saturated rings. The van der Waals surface area contributed by atoms with Gasteiger partial charge in [0, 0.05) is 0 Å². The molecule has 0 amide bonds. The molecule has 0 saturated heterocycles. The third-order valence-electron chi connectivity index (χ3n) is 5.76. The van der Waals surface area contributed by atoms with Crippen molar-refractivity contribution in [3.8, 4) is 0 Å². The van der Waals surface area contributed by atoms with Gasteiger partial charge in [-0.05, 0) is 0 Å². The second-order valence-corrected chi connectivity index (χ2v) is 16.1. The minimum Gasteiger partial charge on any atom is -0.199 e. The molecule has 0 aromatic heterocycles. The van der Waals surface area contributed by atoms with Crippen molar-refractivity contribution in [1.29, 1.82) is 0 Å². The van der Waals surface area contributed by atoms with Gasteiger partial charge in [-0.2, -0.15) is 66.8 Å². The largest absolute Gasteiger partial charge is 0.199 e. The second-order valence-electron chi connectivity index (χ2n) is 9.44. The van der Waals surface area contributed by atoms with Gasteiger partial charge in [-0.1, -0.05) is 54.6 Å². The van der Waals surface area contributed by atoms with Crippen molar-refractivity contribution < 1.29 is 19.2 Å². The van der Waals surface area contributed by atoms with Gasteiger partial charge in [0.15, 0.2) is 0 Å². The molecule has 0 heterocycles. The van der Waals surface area contributed by atoms with Gasteiger partial charge >= 0.3 is 38.5 Å². The van der Waals surface area contributed by atoms with Crippen LogP contribution >= 0.6 is 0 Å². The summed E-state index contributed by atoms with van der Waals surface area (Å²) in [4.78, 5) is 0. The summed E-state index contributed by atoms with van der Waals surface area (Å²) in [5.74, 6) is 0. The smallest absolute Gasteiger partial charge is 0.0771 e. The Morgan fingerprint density at radius 3 is 1.27 bits per heavy atom. The molecular formula is C38H36SiTi-4. The van der Waals surface area contributed by atoms with E-state index in [1.165, 1.54) is 32.3 Å². The molecule has 0 aliphatic carbocycles. The van der Waals surface area contributed by atoms with Crippen molar-refractivity contribution in [3.05, 3.63) is 183 Å². The minimum absolute atomic E-state index is 0.120. The van der Waals surface area contributed by atoms with Crippen LogP contribution in [-0.2, 0) is 19.2 Å². The van der Waals surface area contributed by atoms with E-state index in [-0.39, 0.29) is 6.19 Å². The molecular weight excluding hydrogens is 532 g/mol. The van der Waals surface area contributed by atoms with Gasteiger partial charge in [0.2, 0.25) is 0 Å². The van der Waals surface area contributed by atoms with Crippen molar-refractivity contribution >= 4 is 38.5 Å². The van der Waals surface area contributed by atoms with Crippen LogP contribution in [0.25, 0.3) is 32.3 Å². The third-order valence-corrected chi connectivity index (χ3v) is 5.76. The summed E-state index contributed by atoms with van der Waals surface area (Å²) in [5.41, 5.74) is 2.14. The first kappa shape index (κ1) is 30.8. The fourth-order valence-corrected chi connectivity index (χ4v) is 3.93. The van der Waals surface area contributed by atoms with Crippen LogP contribution in [0.1, 0.15) is 11.1 Å². The topological polar surface area (TPSA) is 0 Å². The van der Waals surface area contributed by atoms with E-state index >= 15 is 0 Å². The predicted molar refractivity (Wildman–Crippen MR) is 176 cm³/mol. The Balaban J connectivity index is 0.000000145. The summed E-state index contributed by atoms with van der Waals surface area (Å²) in [6.07, 6.45) is 0.120. The maximum Gasteiger partial charge on any atom is -0.0771 e. The Kier molecular flexibility index (Phi) is 13.1. The Bertz CT molecular complexity index is 1570. The molecule has 7 aromatic carbocycles. The molecule has 0 atom stereocenters. The number of hydrogen-bond donors (Lipinski definition) is 0. The Hall–Kier alpha value is -3.75. The number of rotatable bonds is 0. The van der Waals surface area contributed by atoms with E-state index in [2.05, 4.69) is 143 Å². The van der Waals surface area contributed by atoms with Crippen LogP contribution in [0, 0.1) is 13.8 Å². The molecule has 2 heteroatoms. The SMILES string of the molecule is C[Si](C)=[Ti].[CH2-]c1ccccc1.[CH2-]c1ccccc1.c1ccc2[cH-]ccc2c1.c1ccc2c(c1)[cH-]c1ccccc12. The van der Waals surface area contributed by atoms with E-state index in [0.29, 0.717) is 0 Å². The van der Waals surface area contributed by atoms with Gasteiger partial charge in [-0.15, -0.1) is 93.7 Å². The average molecular weight is 569 g/mol. The van der Waals surface area contributed by atoms with Gasteiger partial charge in [-0.3, -0.25) is 0 Å². The molecule has 0 bridgehead atoms. The molecule has 0 saturated carbocycles. The molecule has 0 radical (unpaired) electrons. The van der Waals surface area contributed by atoms with E-state index < -0.39 is 0 Å². The summed E-state index contributed by atoms with van der Waals surface area (Å²) in [5, 5.41) is 8.05. The van der Waals surface area contributed by atoms with Crippen molar-refractivity contribution in [1.82, 2.24) is 0 Å². The zero-order valence-corrected chi connectivity index (χ0v) is 26.0. The molecule has 0 unspecified atom stereocenters. The Labute approximate surface area is 252 Å². The van der Waals surface area contributed by atoms with Crippen LogP contribution in [0.2, 0.25) is 13.1 Å². The van der Waals surface area contributed by atoms with Crippen LogP contribution < -0.4 is 0 Å². The normalized spacial score (nSPS) is 9.53. The second kappa shape index (κ2) is 17.0. The molecule has 0 N–H and O–H groups in total. The number of hydrogen-bond acceptors (Lipinski definition) is 0. The van der Waals surface area contributed by atoms with E-state index in [9.17, 15) is 0 Å². The van der Waals surface area contributed by atoms with Gasteiger partial charge in [0.1, 0.15) is 0 Å². The number of benzene rings is 5. The maximum atomic E-state index is 3.72. The fourth-order valence-electron chi connectivity index (χ4n) is 3.93. The molecule has 7 aromatic rings. The van der Waals surface area contributed by atoms with Gasteiger partial charge in [-0.25, -0.2) is 0 Å².